The van der Waals surface area contributed by atoms with Crippen molar-refractivity contribution in [2.75, 3.05) is 0 Å². The summed E-state index contributed by atoms with van der Waals surface area (Å²) in [6, 6.07) is 14.4. The third kappa shape index (κ3) is 3.06. The molecule has 8 heteroatoms. The highest BCUT2D eigenvalue weighted by Crippen LogP contribution is 2.37. The van der Waals surface area contributed by atoms with E-state index in [0.717, 1.165) is 22.4 Å². The number of aromatic hydroxyl groups is 1. The smallest absolute Gasteiger partial charge is 0.451 e. The number of H-pyrrole nitrogens is 1. The van der Waals surface area contributed by atoms with E-state index in [4.69, 9.17) is 4.42 Å². The van der Waals surface area contributed by atoms with Crippen LogP contribution in [0.3, 0.4) is 0 Å². The molecule has 2 aromatic heterocycles. The predicted molar refractivity (Wildman–Crippen MR) is 96.8 cm³/mol. The molecule has 0 aliphatic carbocycles. The van der Waals surface area contributed by atoms with E-state index < -0.39 is 29.2 Å². The molecule has 2 heterocycles. The highest BCUT2D eigenvalue weighted by molar-refractivity contribution is 5.83. The summed E-state index contributed by atoms with van der Waals surface area (Å²) in [6.07, 6.45) is -4.65. The zero-order valence-corrected chi connectivity index (χ0v) is 14.7. The summed E-state index contributed by atoms with van der Waals surface area (Å²) in [4.78, 5) is 14.7. The van der Waals surface area contributed by atoms with Crippen LogP contribution in [0.2, 0.25) is 0 Å². The Morgan fingerprint density at radius 1 is 1.11 bits per heavy atom. The molecule has 0 spiro atoms. The summed E-state index contributed by atoms with van der Waals surface area (Å²) in [5.41, 5.74) is -0.512. The zero-order valence-electron chi connectivity index (χ0n) is 14.7. The van der Waals surface area contributed by atoms with Gasteiger partial charge in [0.05, 0.1) is 5.69 Å². The first-order chi connectivity index (χ1) is 13.2. The number of aromatic nitrogens is 2. The summed E-state index contributed by atoms with van der Waals surface area (Å²) in [6.45, 7) is 1.34. The molecule has 144 valence electrons. The van der Waals surface area contributed by atoms with E-state index in [-0.39, 0.29) is 17.9 Å². The topological polar surface area (TPSA) is 71.2 Å². The second-order valence-corrected chi connectivity index (χ2v) is 6.50. The molecule has 0 atom stereocenters. The van der Waals surface area contributed by atoms with Crippen molar-refractivity contribution in [1.82, 2.24) is 9.55 Å². The molecule has 0 amide bonds. The number of aryl methyl sites for hydroxylation is 1. The van der Waals surface area contributed by atoms with Crippen molar-refractivity contribution in [2.45, 2.75) is 19.5 Å². The Kier molecular flexibility index (Phi) is 4.06. The van der Waals surface area contributed by atoms with Crippen molar-refractivity contribution in [3.8, 4) is 11.6 Å². The largest absolute Gasteiger partial charge is 0.493 e. The van der Waals surface area contributed by atoms with Gasteiger partial charge in [0.25, 0.3) is 0 Å². The second-order valence-electron chi connectivity index (χ2n) is 6.50. The number of aromatic amines is 1. The van der Waals surface area contributed by atoms with Gasteiger partial charge in [-0.15, -0.1) is 0 Å². The van der Waals surface area contributed by atoms with Gasteiger partial charge in [-0.3, -0.25) is 0 Å². The number of hydrogen-bond acceptors (Lipinski definition) is 3. The molecular formula is C20H15F3N2O3. The Bertz CT molecular complexity index is 1230. The number of nitrogens with one attached hydrogen (secondary N) is 1. The monoisotopic (exact) mass is 388 g/mol. The van der Waals surface area contributed by atoms with E-state index in [9.17, 15) is 23.1 Å². The van der Waals surface area contributed by atoms with Gasteiger partial charge in [-0.1, -0.05) is 42.5 Å². The molecule has 0 fully saturated rings. The van der Waals surface area contributed by atoms with Gasteiger partial charge < -0.3 is 14.5 Å². The first-order valence-corrected chi connectivity index (χ1v) is 8.42. The lowest BCUT2D eigenvalue weighted by molar-refractivity contribution is -0.153. The highest BCUT2D eigenvalue weighted by Gasteiger charge is 2.40. The van der Waals surface area contributed by atoms with Crippen LogP contribution in [0.5, 0.6) is 5.88 Å². The van der Waals surface area contributed by atoms with Crippen LogP contribution in [0.1, 0.15) is 22.8 Å². The molecule has 0 bridgehead atoms. The SMILES string of the molecule is Cc1cc(-n2c(O)c(Cc3ccc4ccccc4c3)[nH]c2=O)c(C(F)(F)F)o1. The van der Waals surface area contributed by atoms with Crippen LogP contribution in [0, 0.1) is 6.92 Å². The maximum atomic E-state index is 13.2. The molecule has 0 aliphatic heterocycles. The van der Waals surface area contributed by atoms with Crippen LogP contribution in [-0.4, -0.2) is 14.7 Å². The van der Waals surface area contributed by atoms with Gasteiger partial charge in [0.2, 0.25) is 11.6 Å². The predicted octanol–water partition coefficient (Wildman–Crippen LogP) is 4.54. The molecule has 0 unspecified atom stereocenters. The summed E-state index contributed by atoms with van der Waals surface area (Å²) in [7, 11) is 0. The second kappa shape index (κ2) is 6.33. The number of benzene rings is 2. The average molecular weight is 388 g/mol. The Morgan fingerprint density at radius 2 is 1.82 bits per heavy atom. The van der Waals surface area contributed by atoms with Crippen molar-refractivity contribution < 1.29 is 22.7 Å². The van der Waals surface area contributed by atoms with Crippen LogP contribution in [0.4, 0.5) is 13.2 Å². The molecule has 0 radical (unpaired) electrons. The third-order valence-electron chi connectivity index (χ3n) is 4.47. The minimum absolute atomic E-state index is 0.0223. The Morgan fingerprint density at radius 3 is 2.54 bits per heavy atom. The van der Waals surface area contributed by atoms with E-state index in [1.54, 1.807) is 0 Å². The molecule has 0 saturated heterocycles. The average Bonchev–Trinajstić information content (AvgIpc) is 3.14. The number of imidazole rings is 1. The molecule has 4 aromatic rings. The number of nitrogens with zero attached hydrogens (tertiary/aromatic N) is 1. The normalized spacial score (nSPS) is 12.0. The van der Waals surface area contributed by atoms with Crippen LogP contribution in [-0.2, 0) is 12.6 Å². The van der Waals surface area contributed by atoms with Crippen molar-refractivity contribution in [1.29, 1.82) is 0 Å². The molecule has 0 aliphatic rings. The van der Waals surface area contributed by atoms with E-state index in [2.05, 4.69) is 4.98 Å². The minimum Gasteiger partial charge on any atom is -0.493 e. The molecule has 5 nitrogen and oxygen atoms in total. The Labute approximate surface area is 156 Å². The molecule has 2 N–H and O–H groups in total. The van der Waals surface area contributed by atoms with Gasteiger partial charge in [-0.05, 0) is 23.3 Å². The molecule has 2 aromatic carbocycles. The molecule has 4 rings (SSSR count). The first-order valence-electron chi connectivity index (χ1n) is 8.42. The Balaban J connectivity index is 1.77. The lowest BCUT2D eigenvalue weighted by atomic mass is 10.0. The number of halogens is 3. The molecular weight excluding hydrogens is 373 g/mol. The number of rotatable bonds is 3. The minimum atomic E-state index is -4.80. The van der Waals surface area contributed by atoms with Crippen molar-refractivity contribution in [3.63, 3.8) is 0 Å². The van der Waals surface area contributed by atoms with E-state index in [0.29, 0.717) is 4.57 Å². The maximum absolute atomic E-state index is 13.2. The third-order valence-corrected chi connectivity index (χ3v) is 4.47. The van der Waals surface area contributed by atoms with E-state index in [1.807, 2.05) is 42.5 Å². The number of fused-ring (bicyclic) bond motifs is 1. The van der Waals surface area contributed by atoms with Crippen molar-refractivity contribution >= 4 is 10.8 Å². The summed E-state index contributed by atoms with van der Waals surface area (Å²) >= 11 is 0. The van der Waals surface area contributed by atoms with Crippen LogP contribution < -0.4 is 5.69 Å². The van der Waals surface area contributed by atoms with Crippen molar-refractivity contribution in [3.05, 3.63) is 81.8 Å². The van der Waals surface area contributed by atoms with Gasteiger partial charge in [0.1, 0.15) is 11.4 Å². The Hall–Kier alpha value is -3.42. The number of alkyl halides is 3. The zero-order chi connectivity index (χ0) is 20.1. The summed E-state index contributed by atoms with van der Waals surface area (Å²) < 4.78 is 44.9. The lowest BCUT2D eigenvalue weighted by Crippen LogP contribution is -2.17. The van der Waals surface area contributed by atoms with Gasteiger partial charge in [-0.2, -0.15) is 13.2 Å². The fraction of sp³-hybridized carbons (Fsp3) is 0.150. The van der Waals surface area contributed by atoms with Gasteiger partial charge in [0.15, 0.2) is 0 Å². The van der Waals surface area contributed by atoms with Gasteiger partial charge in [-0.25, -0.2) is 9.36 Å². The maximum Gasteiger partial charge on any atom is 0.451 e. The van der Waals surface area contributed by atoms with Gasteiger partial charge >= 0.3 is 11.9 Å². The summed E-state index contributed by atoms with van der Waals surface area (Å²) in [5.74, 6) is -1.94. The van der Waals surface area contributed by atoms with E-state index >= 15 is 0 Å². The summed E-state index contributed by atoms with van der Waals surface area (Å²) in [5, 5.41) is 12.5. The number of hydrogen-bond donors (Lipinski definition) is 2. The molecule has 0 saturated carbocycles. The van der Waals surface area contributed by atoms with Crippen LogP contribution >= 0.6 is 0 Å². The quantitative estimate of drug-likeness (QED) is 0.542. The van der Waals surface area contributed by atoms with E-state index in [1.165, 1.54) is 6.92 Å². The van der Waals surface area contributed by atoms with Crippen LogP contribution in [0.25, 0.3) is 16.5 Å². The number of furan rings is 1. The van der Waals surface area contributed by atoms with Crippen molar-refractivity contribution in [2.24, 2.45) is 0 Å². The lowest BCUT2D eigenvalue weighted by Gasteiger charge is -2.07. The fourth-order valence-corrected chi connectivity index (χ4v) is 3.24. The molecule has 28 heavy (non-hydrogen) atoms. The van der Waals surface area contributed by atoms with Gasteiger partial charge in [0, 0.05) is 12.5 Å². The first kappa shape index (κ1) is 18.0. The fourth-order valence-electron chi connectivity index (χ4n) is 3.24. The highest BCUT2D eigenvalue weighted by atomic mass is 19.4. The van der Waals surface area contributed by atoms with Crippen LogP contribution in [0.15, 0.2) is 57.7 Å². The standard InChI is InChI=1S/C20H15F3N2O3/c1-11-8-16(17(28-11)20(21,22)23)25-18(26)15(24-19(25)27)10-12-6-7-13-4-2-3-5-14(13)9-12/h2-9,26H,10H2,1H3,(H,24,27).